The fourth-order valence-corrected chi connectivity index (χ4v) is 6.62. The number of hydrogen-bond donors (Lipinski definition) is 15. The normalized spacial score (nSPS) is 46.9. The van der Waals surface area contributed by atoms with E-state index in [4.69, 9.17) is 56.5 Å². The molecule has 0 unspecified atom stereocenters. The molecular formula is C29H56N6O16. The summed E-state index contributed by atoms with van der Waals surface area (Å²) in [6.07, 6.45) is -22.7. The maximum absolute atomic E-state index is 12.7. The number of ether oxygens (including phenoxy) is 6. The van der Waals surface area contributed by atoms with Crippen molar-refractivity contribution < 1.29 is 79.2 Å². The minimum atomic E-state index is -1.70. The highest BCUT2D eigenvalue weighted by Gasteiger charge is 2.55. The zero-order valence-electron chi connectivity index (χ0n) is 28.2. The van der Waals surface area contributed by atoms with Gasteiger partial charge in [0.25, 0.3) is 0 Å². The van der Waals surface area contributed by atoms with Crippen LogP contribution in [0.2, 0.25) is 0 Å². The molecular weight excluding hydrogens is 688 g/mol. The van der Waals surface area contributed by atoms with E-state index in [0.717, 1.165) is 0 Å². The fraction of sp³-hybridized carbons (Fsp3) is 0.966. The van der Waals surface area contributed by atoms with E-state index >= 15 is 0 Å². The second-order valence-corrected chi connectivity index (χ2v) is 13.4. The molecule has 1 saturated carbocycles. The summed E-state index contributed by atoms with van der Waals surface area (Å²) in [6, 6.07) is -4.79. The summed E-state index contributed by atoms with van der Waals surface area (Å²) in [6.45, 7) is 0.711. The molecule has 3 heterocycles. The van der Waals surface area contributed by atoms with Gasteiger partial charge in [0, 0.05) is 19.1 Å². The summed E-state index contributed by atoms with van der Waals surface area (Å²) in [5.41, 5.74) is 24.2. The van der Waals surface area contributed by atoms with Crippen LogP contribution in [0.3, 0.4) is 0 Å². The number of aliphatic hydroxyl groups excluding tert-OH is 9. The molecule has 4 aliphatic rings. The molecule has 0 aromatic heterocycles. The third-order valence-electron chi connectivity index (χ3n) is 9.71. The molecule has 298 valence electrons. The van der Waals surface area contributed by atoms with Crippen molar-refractivity contribution in [1.82, 2.24) is 10.6 Å². The van der Waals surface area contributed by atoms with Crippen molar-refractivity contribution >= 4 is 5.91 Å². The summed E-state index contributed by atoms with van der Waals surface area (Å²) in [5, 5.41) is 99.4. The third kappa shape index (κ3) is 9.68. The Hall–Kier alpha value is -1.33. The predicted octanol–water partition coefficient (Wildman–Crippen LogP) is -9.34. The second kappa shape index (κ2) is 18.8. The molecule has 4 fully saturated rings. The van der Waals surface area contributed by atoms with Crippen LogP contribution >= 0.6 is 0 Å². The Morgan fingerprint density at radius 2 is 1.37 bits per heavy atom. The van der Waals surface area contributed by atoms with E-state index in [1.807, 2.05) is 0 Å². The topological polar surface area (TPSA) is 383 Å². The summed E-state index contributed by atoms with van der Waals surface area (Å²) in [7, 11) is 0. The third-order valence-corrected chi connectivity index (χ3v) is 9.71. The van der Waals surface area contributed by atoms with Crippen LogP contribution in [0.4, 0.5) is 0 Å². The van der Waals surface area contributed by atoms with Gasteiger partial charge in [-0.15, -0.1) is 0 Å². The van der Waals surface area contributed by atoms with Crippen molar-refractivity contribution in [1.29, 1.82) is 0 Å². The number of nitrogens with one attached hydrogen (secondary N) is 2. The summed E-state index contributed by atoms with van der Waals surface area (Å²) < 4.78 is 35.3. The Bertz CT molecular complexity index is 1090. The Kier molecular flexibility index (Phi) is 15.6. The van der Waals surface area contributed by atoms with E-state index in [1.54, 1.807) is 0 Å². The van der Waals surface area contributed by atoms with E-state index in [0.29, 0.717) is 0 Å². The Morgan fingerprint density at radius 3 is 2.00 bits per heavy atom. The van der Waals surface area contributed by atoms with Crippen molar-refractivity contribution in [3.05, 3.63) is 0 Å². The van der Waals surface area contributed by atoms with Crippen molar-refractivity contribution in [2.75, 3.05) is 32.8 Å². The second-order valence-electron chi connectivity index (χ2n) is 13.4. The Morgan fingerprint density at radius 1 is 0.784 bits per heavy atom. The van der Waals surface area contributed by atoms with Crippen LogP contribution in [0.1, 0.15) is 19.8 Å². The minimum absolute atomic E-state index is 0.00308. The molecule has 3 aliphatic heterocycles. The molecule has 19 N–H and O–H groups in total. The largest absolute Gasteiger partial charge is 0.395 e. The van der Waals surface area contributed by atoms with E-state index < -0.39 is 135 Å². The fourth-order valence-electron chi connectivity index (χ4n) is 6.62. The number of carbonyl (C=O) groups is 1. The zero-order chi connectivity index (χ0) is 37.7. The standard InChI is InChI=1S/C29H56N6O16/c1-9-17(39)20(42)15(32)27(46-9)50-24-14(8-37)48-29(22(24)44)51-25-18(40)11(35-26(45)12(38)2-3-30)6-10(31)23(25)49-28-16(33)21(43)19(41)13(47-28)7-34-4-5-36/h9-25,27-29,34,36-44H,2-8,30-33H2,1H3,(H,35,45)/t9-,10-,11+,12-,13+,14+,15+,16+,17+,18-,19+,20+,21-,22+,23+,24+,25+,27+,28+,29-/m0/s1. The van der Waals surface area contributed by atoms with Crippen LogP contribution in [0.5, 0.6) is 0 Å². The summed E-state index contributed by atoms with van der Waals surface area (Å²) in [4.78, 5) is 12.7. The average molecular weight is 745 g/mol. The van der Waals surface area contributed by atoms with E-state index in [9.17, 15) is 45.6 Å². The molecule has 0 aromatic carbocycles. The SMILES string of the molecule is C[C@@H]1O[C@H](O[C@H]2[C@@H](O)[C@H](O[C@@H]3[C@@H](O)[C@H](NC(=O)[C@@H](O)CCN)C[C@H](N)[C@H]3O[C@H]3O[C@H](CNCCO)[C@@H](O)[C@@H](O)[C@H]3N)O[C@@H]2CO)[C@H](N)[C@@H](O)[C@@H]1O. The highest BCUT2D eigenvalue weighted by Crippen LogP contribution is 2.34. The lowest BCUT2D eigenvalue weighted by molar-refractivity contribution is -0.308. The number of amides is 1. The van der Waals surface area contributed by atoms with Crippen molar-refractivity contribution in [3.63, 3.8) is 0 Å². The molecule has 0 bridgehead atoms. The van der Waals surface area contributed by atoms with Gasteiger partial charge in [0.1, 0.15) is 73.2 Å². The van der Waals surface area contributed by atoms with Gasteiger partial charge in [-0.1, -0.05) is 0 Å². The number of nitrogens with two attached hydrogens (primary N) is 4. The number of hydrogen-bond acceptors (Lipinski definition) is 21. The van der Waals surface area contributed by atoms with Gasteiger partial charge in [-0.05, 0) is 26.3 Å². The Balaban J connectivity index is 1.57. The molecule has 0 spiro atoms. The molecule has 1 aliphatic carbocycles. The molecule has 4 rings (SSSR count). The van der Waals surface area contributed by atoms with Gasteiger partial charge in [0.05, 0.1) is 37.4 Å². The Labute approximate surface area is 293 Å². The van der Waals surface area contributed by atoms with Crippen LogP contribution < -0.4 is 33.6 Å². The van der Waals surface area contributed by atoms with E-state index in [1.165, 1.54) is 6.92 Å². The lowest BCUT2D eigenvalue weighted by Gasteiger charge is -2.48. The summed E-state index contributed by atoms with van der Waals surface area (Å²) in [5.74, 6) is -0.848. The van der Waals surface area contributed by atoms with Gasteiger partial charge < -0.3 is 108 Å². The molecule has 20 atom stereocenters. The van der Waals surface area contributed by atoms with E-state index in [2.05, 4.69) is 10.6 Å². The molecule has 22 nitrogen and oxygen atoms in total. The first-order valence-electron chi connectivity index (χ1n) is 17.0. The molecule has 0 aromatic rings. The highest BCUT2D eigenvalue weighted by atomic mass is 16.8. The maximum atomic E-state index is 12.7. The zero-order valence-corrected chi connectivity index (χ0v) is 28.2. The number of aliphatic hydroxyl groups is 9. The average Bonchev–Trinajstić information content (AvgIpc) is 3.40. The van der Waals surface area contributed by atoms with Crippen LogP contribution in [0.25, 0.3) is 0 Å². The minimum Gasteiger partial charge on any atom is -0.395 e. The smallest absolute Gasteiger partial charge is 0.249 e. The van der Waals surface area contributed by atoms with Crippen LogP contribution in [0, 0.1) is 0 Å². The van der Waals surface area contributed by atoms with Gasteiger partial charge in [-0.3, -0.25) is 4.79 Å². The summed E-state index contributed by atoms with van der Waals surface area (Å²) >= 11 is 0. The molecule has 3 saturated heterocycles. The van der Waals surface area contributed by atoms with Crippen molar-refractivity contribution in [2.45, 2.75) is 142 Å². The van der Waals surface area contributed by atoms with Gasteiger partial charge in [-0.2, -0.15) is 0 Å². The van der Waals surface area contributed by atoms with Crippen LogP contribution in [0.15, 0.2) is 0 Å². The maximum Gasteiger partial charge on any atom is 0.249 e. The lowest BCUT2D eigenvalue weighted by Crippen LogP contribution is -2.69. The van der Waals surface area contributed by atoms with Gasteiger partial charge in [0.15, 0.2) is 18.9 Å². The molecule has 0 radical (unpaired) electrons. The van der Waals surface area contributed by atoms with Gasteiger partial charge in [-0.25, -0.2) is 0 Å². The highest BCUT2D eigenvalue weighted by molar-refractivity contribution is 5.80. The van der Waals surface area contributed by atoms with Crippen LogP contribution in [-0.2, 0) is 33.2 Å². The van der Waals surface area contributed by atoms with Gasteiger partial charge in [0.2, 0.25) is 5.91 Å². The molecule has 51 heavy (non-hydrogen) atoms. The van der Waals surface area contributed by atoms with Gasteiger partial charge >= 0.3 is 0 Å². The molecule has 1 amide bonds. The molecule has 22 heteroatoms. The number of rotatable bonds is 15. The predicted molar refractivity (Wildman–Crippen MR) is 170 cm³/mol. The van der Waals surface area contributed by atoms with Crippen molar-refractivity contribution in [2.24, 2.45) is 22.9 Å². The lowest BCUT2D eigenvalue weighted by atomic mass is 9.83. The first-order chi connectivity index (χ1) is 24.1. The first kappa shape index (κ1) is 42.4. The monoisotopic (exact) mass is 744 g/mol. The van der Waals surface area contributed by atoms with Crippen molar-refractivity contribution in [3.8, 4) is 0 Å². The first-order valence-corrected chi connectivity index (χ1v) is 17.0. The number of carbonyl (C=O) groups excluding carboxylic acids is 1. The van der Waals surface area contributed by atoms with E-state index in [-0.39, 0.29) is 39.1 Å². The quantitative estimate of drug-likeness (QED) is 0.0692. The van der Waals surface area contributed by atoms with Crippen LogP contribution in [-0.4, -0.2) is 207 Å².